The standard InChI is InChI=1S/C27H31N5O3/c1-4-7-24(31-14-12-28-13-15-31)22(5-2)30-27(34)23-8-6-9-25(29-23)32-18-19-10-11-21(35-3)16-20(19)17-26(32)33/h4-11,16,28H,1,12-15,17-18H2,2-3H3,(H,30,34)/b22-5+,24-7+. The zero-order valence-electron chi connectivity index (χ0n) is 20.2. The van der Waals surface area contributed by atoms with Crippen molar-refractivity contribution in [1.29, 1.82) is 0 Å². The minimum atomic E-state index is -0.334. The number of hydrogen-bond donors (Lipinski definition) is 2. The lowest BCUT2D eigenvalue weighted by molar-refractivity contribution is -0.118. The van der Waals surface area contributed by atoms with Gasteiger partial charge in [0.1, 0.15) is 17.3 Å². The van der Waals surface area contributed by atoms with E-state index in [0.29, 0.717) is 18.1 Å². The Balaban J connectivity index is 1.53. The number of fused-ring (bicyclic) bond motifs is 1. The third-order valence-corrected chi connectivity index (χ3v) is 6.17. The molecule has 1 aromatic carbocycles. The normalized spacial score (nSPS) is 16.6. The van der Waals surface area contributed by atoms with E-state index in [9.17, 15) is 9.59 Å². The van der Waals surface area contributed by atoms with Crippen molar-refractivity contribution >= 4 is 17.6 Å². The van der Waals surface area contributed by atoms with Crippen LogP contribution in [0.25, 0.3) is 0 Å². The lowest BCUT2D eigenvalue weighted by atomic mass is 9.99. The Morgan fingerprint density at radius 3 is 2.71 bits per heavy atom. The number of methoxy groups -OCH3 is 1. The summed E-state index contributed by atoms with van der Waals surface area (Å²) in [7, 11) is 1.61. The number of piperazine rings is 1. The van der Waals surface area contributed by atoms with Gasteiger partial charge in [0.05, 0.1) is 31.5 Å². The van der Waals surface area contributed by atoms with Crippen LogP contribution < -0.4 is 20.3 Å². The summed E-state index contributed by atoms with van der Waals surface area (Å²) >= 11 is 0. The molecule has 1 fully saturated rings. The van der Waals surface area contributed by atoms with Crippen LogP contribution in [0.5, 0.6) is 5.75 Å². The maximum Gasteiger partial charge on any atom is 0.274 e. The topological polar surface area (TPSA) is 86.8 Å². The van der Waals surface area contributed by atoms with Crippen molar-refractivity contribution < 1.29 is 14.3 Å². The number of nitrogens with one attached hydrogen (secondary N) is 2. The van der Waals surface area contributed by atoms with Crippen LogP contribution in [0.1, 0.15) is 28.5 Å². The van der Waals surface area contributed by atoms with Crippen LogP contribution in [0.15, 0.2) is 72.6 Å². The Morgan fingerprint density at radius 1 is 1.20 bits per heavy atom. The molecule has 1 aromatic heterocycles. The predicted octanol–water partition coefficient (Wildman–Crippen LogP) is 2.79. The molecule has 8 nitrogen and oxygen atoms in total. The molecule has 2 N–H and O–H groups in total. The van der Waals surface area contributed by atoms with Crippen LogP contribution in [-0.2, 0) is 17.8 Å². The van der Waals surface area contributed by atoms with Gasteiger partial charge in [-0.2, -0.15) is 0 Å². The second-order valence-electron chi connectivity index (χ2n) is 8.35. The van der Waals surface area contributed by atoms with Crippen LogP contribution in [0.2, 0.25) is 0 Å². The van der Waals surface area contributed by atoms with Crippen molar-refractivity contribution in [3.63, 3.8) is 0 Å². The maximum absolute atomic E-state index is 13.2. The maximum atomic E-state index is 13.2. The summed E-state index contributed by atoms with van der Waals surface area (Å²) < 4.78 is 5.28. The molecular formula is C27H31N5O3. The molecule has 35 heavy (non-hydrogen) atoms. The molecule has 0 unspecified atom stereocenters. The fourth-order valence-electron chi connectivity index (χ4n) is 4.33. The van der Waals surface area contributed by atoms with Gasteiger partial charge in [-0.25, -0.2) is 4.98 Å². The molecule has 2 aromatic rings. The molecule has 0 bridgehead atoms. The Labute approximate surface area is 206 Å². The van der Waals surface area contributed by atoms with E-state index >= 15 is 0 Å². The van der Waals surface area contributed by atoms with Crippen LogP contribution in [0, 0.1) is 0 Å². The Bertz CT molecular complexity index is 1180. The number of aromatic nitrogens is 1. The molecular weight excluding hydrogens is 442 g/mol. The third kappa shape index (κ3) is 5.44. The van der Waals surface area contributed by atoms with Gasteiger partial charge >= 0.3 is 0 Å². The van der Waals surface area contributed by atoms with Crippen molar-refractivity contribution in [2.45, 2.75) is 19.9 Å². The lowest BCUT2D eigenvalue weighted by Crippen LogP contribution is -2.44. The quantitative estimate of drug-likeness (QED) is 0.602. The van der Waals surface area contributed by atoms with Gasteiger partial charge in [-0.1, -0.05) is 30.9 Å². The van der Waals surface area contributed by atoms with E-state index in [-0.39, 0.29) is 23.9 Å². The SMILES string of the molecule is C=C/C=C(\C(=C/C)NC(=O)c1cccc(N2Cc3ccc(OC)cc3CC2=O)n1)N1CCNCC1. The molecule has 0 atom stereocenters. The van der Waals surface area contributed by atoms with Gasteiger partial charge in [-0.15, -0.1) is 0 Å². The Hall–Kier alpha value is -3.91. The van der Waals surface area contributed by atoms with Crippen LogP contribution in [0.3, 0.4) is 0 Å². The average molecular weight is 474 g/mol. The van der Waals surface area contributed by atoms with E-state index in [1.54, 1.807) is 36.3 Å². The molecule has 8 heteroatoms. The lowest BCUT2D eigenvalue weighted by Gasteiger charge is -2.32. The van der Waals surface area contributed by atoms with E-state index in [1.807, 2.05) is 37.3 Å². The fourth-order valence-corrected chi connectivity index (χ4v) is 4.33. The monoisotopic (exact) mass is 473 g/mol. The van der Waals surface area contributed by atoms with Crippen molar-refractivity contribution in [1.82, 2.24) is 20.5 Å². The number of ether oxygens (including phenoxy) is 1. The number of allylic oxidation sites excluding steroid dienone is 3. The minimum Gasteiger partial charge on any atom is -0.497 e. The second-order valence-corrected chi connectivity index (χ2v) is 8.35. The van der Waals surface area contributed by atoms with E-state index in [4.69, 9.17) is 4.74 Å². The van der Waals surface area contributed by atoms with Gasteiger partial charge in [0.2, 0.25) is 5.91 Å². The number of anilines is 1. The molecule has 2 aliphatic heterocycles. The summed E-state index contributed by atoms with van der Waals surface area (Å²) in [5.41, 5.74) is 3.83. The first kappa shape index (κ1) is 24.2. The van der Waals surface area contributed by atoms with Crippen molar-refractivity contribution in [3.8, 4) is 5.75 Å². The smallest absolute Gasteiger partial charge is 0.274 e. The number of amides is 2. The highest BCUT2D eigenvalue weighted by molar-refractivity contribution is 5.97. The molecule has 0 saturated carbocycles. The van der Waals surface area contributed by atoms with Gasteiger partial charge in [0.25, 0.3) is 5.91 Å². The van der Waals surface area contributed by atoms with Gasteiger partial charge in [-0.3, -0.25) is 14.5 Å². The minimum absolute atomic E-state index is 0.0696. The van der Waals surface area contributed by atoms with E-state index in [0.717, 1.165) is 48.8 Å². The van der Waals surface area contributed by atoms with E-state index < -0.39 is 0 Å². The summed E-state index contributed by atoms with van der Waals surface area (Å²) in [5.74, 6) is 0.780. The number of rotatable bonds is 7. The second kappa shape index (κ2) is 11.0. The largest absolute Gasteiger partial charge is 0.497 e. The van der Waals surface area contributed by atoms with E-state index in [1.165, 1.54) is 0 Å². The van der Waals surface area contributed by atoms with Crippen LogP contribution in [0.4, 0.5) is 5.82 Å². The summed E-state index contributed by atoms with van der Waals surface area (Å²) in [6, 6.07) is 10.9. The van der Waals surface area contributed by atoms with Crippen LogP contribution in [-0.4, -0.2) is 55.0 Å². The van der Waals surface area contributed by atoms with Crippen molar-refractivity contribution in [2.24, 2.45) is 0 Å². The molecule has 2 aliphatic rings. The number of nitrogens with zero attached hydrogens (tertiary/aromatic N) is 3. The first-order chi connectivity index (χ1) is 17.0. The average Bonchev–Trinajstić information content (AvgIpc) is 2.90. The number of carbonyl (C=O) groups is 2. The Morgan fingerprint density at radius 2 is 2.00 bits per heavy atom. The number of carbonyl (C=O) groups excluding carboxylic acids is 2. The summed E-state index contributed by atoms with van der Waals surface area (Å²) in [6.45, 7) is 9.54. The molecule has 0 aliphatic carbocycles. The first-order valence-corrected chi connectivity index (χ1v) is 11.7. The van der Waals surface area contributed by atoms with Gasteiger partial charge in [-0.05, 0) is 48.4 Å². The van der Waals surface area contributed by atoms with Gasteiger partial charge in [0, 0.05) is 26.2 Å². The van der Waals surface area contributed by atoms with Gasteiger partial charge < -0.3 is 20.3 Å². The zero-order chi connectivity index (χ0) is 24.8. The number of pyridine rings is 1. The molecule has 4 rings (SSSR count). The molecule has 2 amide bonds. The predicted molar refractivity (Wildman–Crippen MR) is 136 cm³/mol. The summed E-state index contributed by atoms with van der Waals surface area (Å²) in [4.78, 5) is 34.5. The number of hydrogen-bond acceptors (Lipinski definition) is 6. The molecule has 182 valence electrons. The molecule has 0 spiro atoms. The number of benzene rings is 1. The first-order valence-electron chi connectivity index (χ1n) is 11.7. The zero-order valence-corrected chi connectivity index (χ0v) is 20.2. The highest BCUT2D eigenvalue weighted by Gasteiger charge is 2.26. The van der Waals surface area contributed by atoms with Crippen molar-refractivity contribution in [2.75, 3.05) is 38.2 Å². The fraction of sp³-hybridized carbons (Fsp3) is 0.296. The molecule has 1 saturated heterocycles. The van der Waals surface area contributed by atoms with E-state index in [2.05, 4.69) is 27.1 Å². The summed E-state index contributed by atoms with van der Waals surface area (Å²) in [5, 5.41) is 6.34. The highest BCUT2D eigenvalue weighted by atomic mass is 16.5. The van der Waals surface area contributed by atoms with Crippen molar-refractivity contribution in [3.05, 3.63) is 89.4 Å². The summed E-state index contributed by atoms with van der Waals surface area (Å²) in [6.07, 6.45) is 5.76. The highest BCUT2D eigenvalue weighted by Crippen LogP contribution is 2.27. The van der Waals surface area contributed by atoms with Crippen LogP contribution >= 0.6 is 0 Å². The third-order valence-electron chi connectivity index (χ3n) is 6.17. The molecule has 0 radical (unpaired) electrons. The molecule has 3 heterocycles. The Kier molecular flexibility index (Phi) is 7.62. The van der Waals surface area contributed by atoms with Gasteiger partial charge in [0.15, 0.2) is 0 Å².